The van der Waals surface area contributed by atoms with Gasteiger partial charge in [0.25, 0.3) is 0 Å². The number of rotatable bonds is 6. The second-order valence-corrected chi connectivity index (χ2v) is 8.47. The molecular weight excluding hydrogens is 404 g/mol. The molecule has 2 heterocycles. The van der Waals surface area contributed by atoms with Gasteiger partial charge in [-0.15, -0.1) is 0 Å². The molecule has 6 nitrogen and oxygen atoms in total. The number of fused-ring (bicyclic) bond motifs is 2. The molecule has 2 atom stereocenters. The van der Waals surface area contributed by atoms with E-state index in [-0.39, 0.29) is 17.4 Å². The van der Waals surface area contributed by atoms with Gasteiger partial charge in [-0.05, 0) is 36.8 Å². The number of aromatic nitrogens is 1. The third kappa shape index (κ3) is 3.80. The lowest BCUT2D eigenvalue weighted by molar-refractivity contribution is -0.484. The zero-order valence-corrected chi connectivity index (χ0v) is 17.8. The Kier molecular flexibility index (Phi) is 5.05. The maximum atomic E-state index is 11.4. The van der Waals surface area contributed by atoms with Gasteiger partial charge in [-0.1, -0.05) is 48.5 Å². The molecule has 1 aliphatic rings. The van der Waals surface area contributed by atoms with Crippen molar-refractivity contribution in [2.75, 3.05) is 6.54 Å². The predicted molar refractivity (Wildman–Crippen MR) is 123 cm³/mol. The Labute approximate surface area is 186 Å². The number of aromatic amines is 1. The van der Waals surface area contributed by atoms with Crippen LogP contribution < -0.4 is 9.47 Å². The Bertz CT molecular complexity index is 1270. The van der Waals surface area contributed by atoms with Crippen LogP contribution in [-0.2, 0) is 12.2 Å². The predicted octanol–water partition coefficient (Wildman–Crippen LogP) is 5.81. The molecule has 0 amide bonds. The maximum Gasteiger partial charge on any atom is 0.210 e. The van der Waals surface area contributed by atoms with Gasteiger partial charge in [0.2, 0.25) is 6.54 Å². The molecule has 0 spiro atoms. The standard InChI is InChI=1S/C26H24N2O4/c1-26(14-19(16-28(29)30)21-9-5-6-10-25(21)32-26)23-15-27-24-12-11-20(13-22(23)24)31-17-18-7-3-2-4-8-18/h2-13,15,19,27H,14,16-17H2,1H3/t19-,26-/m1/s1. The lowest BCUT2D eigenvalue weighted by Crippen LogP contribution is -2.37. The number of hydrogen-bond donors (Lipinski definition) is 1. The van der Waals surface area contributed by atoms with E-state index in [1.165, 1.54) is 0 Å². The summed E-state index contributed by atoms with van der Waals surface area (Å²) >= 11 is 0. The molecular formula is C26H24N2O4. The van der Waals surface area contributed by atoms with Gasteiger partial charge < -0.3 is 14.5 Å². The van der Waals surface area contributed by atoms with Crippen molar-refractivity contribution in [3.63, 3.8) is 0 Å². The lowest BCUT2D eigenvalue weighted by atomic mass is 9.79. The summed E-state index contributed by atoms with van der Waals surface area (Å²) in [6.45, 7) is 2.37. The fraction of sp³-hybridized carbons (Fsp3) is 0.231. The normalized spacial score (nSPS) is 19.8. The number of H-pyrrole nitrogens is 1. The summed E-state index contributed by atoms with van der Waals surface area (Å²) in [4.78, 5) is 14.4. The van der Waals surface area contributed by atoms with E-state index >= 15 is 0 Å². The van der Waals surface area contributed by atoms with Crippen LogP contribution in [0, 0.1) is 10.1 Å². The van der Waals surface area contributed by atoms with Gasteiger partial charge in [-0.25, -0.2) is 0 Å². The highest BCUT2D eigenvalue weighted by Crippen LogP contribution is 2.47. The second-order valence-electron chi connectivity index (χ2n) is 8.47. The Balaban J connectivity index is 1.48. The molecule has 0 bridgehead atoms. The van der Waals surface area contributed by atoms with E-state index in [0.717, 1.165) is 33.3 Å². The minimum absolute atomic E-state index is 0.121. The minimum atomic E-state index is -0.703. The first-order valence-electron chi connectivity index (χ1n) is 10.7. The van der Waals surface area contributed by atoms with Crippen molar-refractivity contribution in [3.05, 3.63) is 106 Å². The highest BCUT2D eigenvalue weighted by molar-refractivity contribution is 5.85. The molecule has 5 rings (SSSR count). The average molecular weight is 428 g/mol. The zero-order chi connectivity index (χ0) is 22.1. The van der Waals surface area contributed by atoms with E-state index in [2.05, 4.69) is 4.98 Å². The molecule has 0 saturated carbocycles. The van der Waals surface area contributed by atoms with Gasteiger partial charge in [-0.2, -0.15) is 0 Å². The number of nitro groups is 1. The van der Waals surface area contributed by atoms with Gasteiger partial charge in [-0.3, -0.25) is 10.1 Å². The summed E-state index contributed by atoms with van der Waals surface area (Å²) in [6.07, 6.45) is 2.47. The first kappa shape index (κ1) is 20.1. The van der Waals surface area contributed by atoms with Gasteiger partial charge in [0.05, 0.1) is 5.92 Å². The minimum Gasteiger partial charge on any atom is -0.489 e. The summed E-state index contributed by atoms with van der Waals surface area (Å²) in [7, 11) is 0. The molecule has 6 heteroatoms. The number of para-hydroxylation sites is 1. The monoisotopic (exact) mass is 428 g/mol. The Morgan fingerprint density at radius 1 is 1.12 bits per heavy atom. The van der Waals surface area contributed by atoms with Gasteiger partial charge >= 0.3 is 0 Å². The summed E-state index contributed by atoms with van der Waals surface area (Å²) < 4.78 is 12.5. The van der Waals surface area contributed by atoms with Gasteiger partial charge in [0.15, 0.2) is 0 Å². The van der Waals surface area contributed by atoms with Crippen molar-refractivity contribution in [2.45, 2.75) is 31.5 Å². The fourth-order valence-electron chi connectivity index (χ4n) is 4.65. The molecule has 1 N–H and O–H groups in total. The van der Waals surface area contributed by atoms with Crippen molar-refractivity contribution in [3.8, 4) is 11.5 Å². The lowest BCUT2D eigenvalue weighted by Gasteiger charge is -2.39. The number of hydrogen-bond acceptors (Lipinski definition) is 4. The quantitative estimate of drug-likeness (QED) is 0.311. The van der Waals surface area contributed by atoms with Gasteiger partial charge in [0, 0.05) is 39.6 Å². The Morgan fingerprint density at radius 3 is 2.72 bits per heavy atom. The van der Waals surface area contributed by atoms with Crippen LogP contribution in [0.3, 0.4) is 0 Å². The fourth-order valence-corrected chi connectivity index (χ4v) is 4.65. The van der Waals surface area contributed by atoms with E-state index in [9.17, 15) is 10.1 Å². The Hall–Kier alpha value is -3.80. The van der Waals surface area contributed by atoms with Crippen LogP contribution in [0.15, 0.2) is 79.0 Å². The number of nitrogens with zero attached hydrogens (tertiary/aromatic N) is 1. The van der Waals surface area contributed by atoms with E-state index in [0.29, 0.717) is 18.8 Å². The van der Waals surface area contributed by atoms with Crippen molar-refractivity contribution < 1.29 is 14.4 Å². The molecule has 0 radical (unpaired) electrons. The molecule has 3 aromatic carbocycles. The number of benzene rings is 3. The molecule has 162 valence electrons. The van der Waals surface area contributed by atoms with E-state index in [1.807, 2.05) is 85.9 Å². The Morgan fingerprint density at radius 2 is 1.91 bits per heavy atom. The molecule has 0 aliphatic carbocycles. The van der Waals surface area contributed by atoms with Crippen LogP contribution in [0.4, 0.5) is 0 Å². The third-order valence-corrected chi connectivity index (χ3v) is 6.17. The average Bonchev–Trinajstić information content (AvgIpc) is 3.22. The van der Waals surface area contributed by atoms with E-state index < -0.39 is 5.60 Å². The first-order valence-corrected chi connectivity index (χ1v) is 10.7. The summed E-state index contributed by atoms with van der Waals surface area (Å²) in [5.74, 6) is 1.25. The number of nitrogens with one attached hydrogen (secondary N) is 1. The summed E-state index contributed by atoms with van der Waals surface area (Å²) in [6, 6.07) is 23.6. The first-order chi connectivity index (χ1) is 15.5. The number of ether oxygens (including phenoxy) is 2. The van der Waals surface area contributed by atoms with Crippen molar-refractivity contribution in [2.24, 2.45) is 0 Å². The largest absolute Gasteiger partial charge is 0.489 e. The molecule has 0 unspecified atom stereocenters. The van der Waals surface area contributed by atoms with Crippen molar-refractivity contribution in [1.29, 1.82) is 0 Å². The van der Waals surface area contributed by atoms with Crippen LogP contribution in [-0.4, -0.2) is 16.5 Å². The van der Waals surface area contributed by atoms with Crippen LogP contribution in [0.5, 0.6) is 11.5 Å². The van der Waals surface area contributed by atoms with Crippen LogP contribution >= 0.6 is 0 Å². The van der Waals surface area contributed by atoms with Crippen molar-refractivity contribution in [1.82, 2.24) is 4.98 Å². The van der Waals surface area contributed by atoms with Crippen LogP contribution in [0.25, 0.3) is 10.9 Å². The summed E-state index contributed by atoms with van der Waals surface area (Å²) in [5, 5.41) is 12.4. The maximum absolute atomic E-state index is 11.4. The highest BCUT2D eigenvalue weighted by atomic mass is 16.6. The molecule has 32 heavy (non-hydrogen) atoms. The third-order valence-electron chi connectivity index (χ3n) is 6.17. The zero-order valence-electron chi connectivity index (χ0n) is 17.8. The molecule has 0 saturated heterocycles. The van der Waals surface area contributed by atoms with E-state index in [1.54, 1.807) is 0 Å². The van der Waals surface area contributed by atoms with Gasteiger partial charge in [0.1, 0.15) is 23.7 Å². The van der Waals surface area contributed by atoms with Crippen LogP contribution in [0.2, 0.25) is 0 Å². The smallest absolute Gasteiger partial charge is 0.210 e. The summed E-state index contributed by atoms with van der Waals surface area (Å²) in [5.41, 5.74) is 3.24. The van der Waals surface area contributed by atoms with E-state index in [4.69, 9.17) is 9.47 Å². The molecule has 1 aliphatic heterocycles. The second kappa shape index (κ2) is 8.04. The molecule has 1 aromatic heterocycles. The van der Waals surface area contributed by atoms with Crippen molar-refractivity contribution >= 4 is 10.9 Å². The van der Waals surface area contributed by atoms with Crippen LogP contribution in [0.1, 0.15) is 36.0 Å². The molecule has 4 aromatic rings. The topological polar surface area (TPSA) is 77.4 Å². The highest BCUT2D eigenvalue weighted by Gasteiger charge is 2.41. The SMILES string of the molecule is C[C@]1(c2c[nH]c3ccc(OCc4ccccc4)cc23)C[C@H](C[N+](=O)[O-])c2ccccc2O1. The molecule has 0 fully saturated rings.